The smallest absolute Gasteiger partial charge is 0.119 e. The highest BCUT2D eigenvalue weighted by atomic mass is 79.9. The maximum atomic E-state index is 5.10. The lowest BCUT2D eigenvalue weighted by Gasteiger charge is -2.02. The Bertz CT molecular complexity index is 442. The number of ether oxygens (including phenoxy) is 1. The Labute approximate surface area is 96.8 Å². The van der Waals surface area contributed by atoms with Gasteiger partial charge in [-0.3, -0.25) is 0 Å². The van der Waals surface area contributed by atoms with E-state index in [0.29, 0.717) is 0 Å². The first-order valence-electron chi connectivity index (χ1n) is 4.57. The predicted molar refractivity (Wildman–Crippen MR) is 62.6 cm³/mol. The fourth-order valence-corrected chi connectivity index (χ4v) is 1.58. The molecular weight excluding hydrogens is 256 g/mol. The van der Waals surface area contributed by atoms with Crippen LogP contribution >= 0.6 is 15.9 Å². The van der Waals surface area contributed by atoms with Crippen LogP contribution in [0.3, 0.4) is 0 Å². The molecule has 0 saturated carbocycles. The molecule has 0 atom stereocenters. The molecule has 0 unspecified atom stereocenters. The molecule has 0 N–H and O–H groups in total. The largest absolute Gasteiger partial charge is 0.497 e. The molecule has 1 heterocycles. The highest BCUT2D eigenvalue weighted by molar-refractivity contribution is 9.10. The zero-order valence-electron chi connectivity index (χ0n) is 8.57. The Balaban J connectivity index is 2.37. The molecule has 0 amide bonds. The maximum Gasteiger partial charge on any atom is 0.119 e. The SMILES string of the molecule is COc1ccc(-n2cc(Br)c(C)n2)cc1. The summed E-state index contributed by atoms with van der Waals surface area (Å²) < 4.78 is 7.94. The van der Waals surface area contributed by atoms with Crippen LogP contribution in [0.15, 0.2) is 34.9 Å². The van der Waals surface area contributed by atoms with Crippen molar-refractivity contribution in [1.82, 2.24) is 9.78 Å². The molecule has 0 aliphatic heterocycles. The number of halogens is 1. The third-order valence-electron chi connectivity index (χ3n) is 2.18. The number of benzene rings is 1. The predicted octanol–water partition coefficient (Wildman–Crippen LogP) is 2.95. The van der Waals surface area contributed by atoms with E-state index >= 15 is 0 Å². The number of nitrogens with zero attached hydrogens (tertiary/aromatic N) is 2. The fraction of sp³-hybridized carbons (Fsp3) is 0.182. The topological polar surface area (TPSA) is 27.1 Å². The van der Waals surface area contributed by atoms with Gasteiger partial charge in [-0.05, 0) is 47.1 Å². The Hall–Kier alpha value is -1.29. The number of rotatable bonds is 2. The van der Waals surface area contributed by atoms with E-state index in [1.807, 2.05) is 42.1 Å². The monoisotopic (exact) mass is 266 g/mol. The van der Waals surface area contributed by atoms with Gasteiger partial charge in [-0.1, -0.05) is 0 Å². The lowest BCUT2D eigenvalue weighted by Crippen LogP contribution is -1.94. The van der Waals surface area contributed by atoms with Crippen molar-refractivity contribution in [2.75, 3.05) is 7.11 Å². The van der Waals surface area contributed by atoms with E-state index in [4.69, 9.17) is 4.74 Å². The van der Waals surface area contributed by atoms with Crippen LogP contribution in [-0.2, 0) is 0 Å². The van der Waals surface area contributed by atoms with Gasteiger partial charge in [0.05, 0.1) is 23.0 Å². The van der Waals surface area contributed by atoms with Crippen LogP contribution in [0.5, 0.6) is 5.75 Å². The van der Waals surface area contributed by atoms with Gasteiger partial charge in [-0.15, -0.1) is 0 Å². The van der Waals surface area contributed by atoms with Gasteiger partial charge in [-0.2, -0.15) is 5.10 Å². The molecule has 0 radical (unpaired) electrons. The molecular formula is C11H11BrN2O. The molecule has 0 saturated heterocycles. The van der Waals surface area contributed by atoms with Gasteiger partial charge >= 0.3 is 0 Å². The van der Waals surface area contributed by atoms with E-state index in [0.717, 1.165) is 21.6 Å². The highest BCUT2D eigenvalue weighted by Crippen LogP contribution is 2.18. The molecule has 0 aliphatic carbocycles. The first kappa shape index (κ1) is 10.2. The van der Waals surface area contributed by atoms with Gasteiger partial charge in [0.15, 0.2) is 0 Å². The van der Waals surface area contributed by atoms with Crippen LogP contribution in [0.1, 0.15) is 5.69 Å². The van der Waals surface area contributed by atoms with Crippen LogP contribution in [0.25, 0.3) is 5.69 Å². The fourth-order valence-electron chi connectivity index (χ4n) is 1.31. The third kappa shape index (κ3) is 2.04. The van der Waals surface area contributed by atoms with Crippen molar-refractivity contribution in [3.8, 4) is 11.4 Å². The Morgan fingerprint density at radius 1 is 1.27 bits per heavy atom. The van der Waals surface area contributed by atoms with E-state index in [2.05, 4.69) is 21.0 Å². The Morgan fingerprint density at radius 2 is 1.93 bits per heavy atom. The Morgan fingerprint density at radius 3 is 2.40 bits per heavy atom. The summed E-state index contributed by atoms with van der Waals surface area (Å²) >= 11 is 3.43. The van der Waals surface area contributed by atoms with Crippen molar-refractivity contribution in [2.24, 2.45) is 0 Å². The molecule has 15 heavy (non-hydrogen) atoms. The second kappa shape index (κ2) is 4.06. The van der Waals surface area contributed by atoms with E-state index in [9.17, 15) is 0 Å². The molecule has 1 aromatic heterocycles. The molecule has 0 fully saturated rings. The van der Waals surface area contributed by atoms with Crippen LogP contribution in [0.4, 0.5) is 0 Å². The number of methoxy groups -OCH3 is 1. The number of aryl methyl sites for hydroxylation is 1. The minimum absolute atomic E-state index is 0.849. The third-order valence-corrected chi connectivity index (χ3v) is 2.95. The second-order valence-electron chi connectivity index (χ2n) is 3.21. The zero-order valence-corrected chi connectivity index (χ0v) is 10.2. The molecule has 2 aromatic rings. The molecule has 1 aromatic carbocycles. The lowest BCUT2D eigenvalue weighted by atomic mass is 10.3. The molecule has 0 bridgehead atoms. The molecule has 78 valence electrons. The Kier molecular flexibility index (Phi) is 2.77. The number of aromatic nitrogens is 2. The summed E-state index contributed by atoms with van der Waals surface area (Å²) in [6.07, 6.45) is 1.94. The minimum Gasteiger partial charge on any atom is -0.497 e. The van der Waals surface area contributed by atoms with Gasteiger partial charge in [-0.25, -0.2) is 4.68 Å². The van der Waals surface area contributed by atoms with Crippen LogP contribution < -0.4 is 4.74 Å². The summed E-state index contributed by atoms with van der Waals surface area (Å²) in [7, 11) is 1.66. The highest BCUT2D eigenvalue weighted by Gasteiger charge is 2.03. The van der Waals surface area contributed by atoms with E-state index < -0.39 is 0 Å². The maximum absolute atomic E-state index is 5.10. The normalized spacial score (nSPS) is 10.3. The van der Waals surface area contributed by atoms with Crippen molar-refractivity contribution in [1.29, 1.82) is 0 Å². The number of hydrogen-bond donors (Lipinski definition) is 0. The summed E-state index contributed by atoms with van der Waals surface area (Å²) in [4.78, 5) is 0. The summed E-state index contributed by atoms with van der Waals surface area (Å²) in [5.74, 6) is 0.849. The first-order chi connectivity index (χ1) is 7.20. The summed E-state index contributed by atoms with van der Waals surface area (Å²) in [6, 6.07) is 7.77. The quantitative estimate of drug-likeness (QED) is 0.836. The van der Waals surface area contributed by atoms with Crippen LogP contribution in [0.2, 0.25) is 0 Å². The van der Waals surface area contributed by atoms with Gasteiger partial charge in [0.1, 0.15) is 5.75 Å². The van der Waals surface area contributed by atoms with E-state index in [1.165, 1.54) is 0 Å². The molecule has 0 aliphatic rings. The minimum atomic E-state index is 0.849. The molecule has 2 rings (SSSR count). The van der Waals surface area contributed by atoms with Gasteiger partial charge in [0.2, 0.25) is 0 Å². The zero-order chi connectivity index (χ0) is 10.8. The van der Waals surface area contributed by atoms with Gasteiger partial charge in [0, 0.05) is 6.20 Å². The van der Waals surface area contributed by atoms with Crippen molar-refractivity contribution in [3.63, 3.8) is 0 Å². The van der Waals surface area contributed by atoms with Crippen molar-refractivity contribution in [2.45, 2.75) is 6.92 Å². The average Bonchev–Trinajstić information content (AvgIpc) is 2.59. The van der Waals surface area contributed by atoms with E-state index in [-0.39, 0.29) is 0 Å². The van der Waals surface area contributed by atoms with Crippen molar-refractivity contribution in [3.05, 3.63) is 40.6 Å². The van der Waals surface area contributed by atoms with E-state index in [1.54, 1.807) is 7.11 Å². The van der Waals surface area contributed by atoms with Crippen molar-refractivity contribution < 1.29 is 4.74 Å². The average molecular weight is 267 g/mol. The van der Waals surface area contributed by atoms with Crippen LogP contribution in [-0.4, -0.2) is 16.9 Å². The van der Waals surface area contributed by atoms with Gasteiger partial charge < -0.3 is 4.74 Å². The second-order valence-corrected chi connectivity index (χ2v) is 4.06. The summed E-state index contributed by atoms with van der Waals surface area (Å²) in [5.41, 5.74) is 2.00. The lowest BCUT2D eigenvalue weighted by molar-refractivity contribution is 0.414. The van der Waals surface area contributed by atoms with Gasteiger partial charge in [0.25, 0.3) is 0 Å². The first-order valence-corrected chi connectivity index (χ1v) is 5.36. The van der Waals surface area contributed by atoms with Crippen molar-refractivity contribution >= 4 is 15.9 Å². The van der Waals surface area contributed by atoms with Crippen LogP contribution in [0, 0.1) is 6.92 Å². The molecule has 0 spiro atoms. The molecule has 4 heteroatoms. The molecule has 3 nitrogen and oxygen atoms in total. The standard InChI is InChI=1S/C11H11BrN2O/c1-8-11(12)7-14(13-8)9-3-5-10(15-2)6-4-9/h3-7H,1-2H3. The number of hydrogen-bond acceptors (Lipinski definition) is 2. The summed E-state index contributed by atoms with van der Waals surface area (Å²) in [6.45, 7) is 1.96. The summed E-state index contributed by atoms with van der Waals surface area (Å²) in [5, 5.41) is 4.36.